The summed E-state index contributed by atoms with van der Waals surface area (Å²) in [5.41, 5.74) is 0. The third-order valence-electron chi connectivity index (χ3n) is 3.26. The van der Waals surface area contributed by atoms with E-state index in [0.29, 0.717) is 18.6 Å². The maximum absolute atomic E-state index is 11.5. The number of rotatable bonds is 5. The van der Waals surface area contributed by atoms with Crippen molar-refractivity contribution in [2.24, 2.45) is 0 Å². The van der Waals surface area contributed by atoms with E-state index in [9.17, 15) is 4.79 Å². The fourth-order valence-corrected chi connectivity index (χ4v) is 2.23. The van der Waals surface area contributed by atoms with Crippen LogP contribution in [0.4, 0.5) is 0 Å². The Bertz CT molecular complexity index is 233. The van der Waals surface area contributed by atoms with Gasteiger partial charge in [-0.15, -0.1) is 0 Å². The predicted octanol–water partition coefficient (Wildman–Crippen LogP) is 0.973. The van der Waals surface area contributed by atoms with E-state index in [2.05, 4.69) is 29.4 Å². The summed E-state index contributed by atoms with van der Waals surface area (Å²) in [4.78, 5) is 14.0. The highest BCUT2D eigenvalue weighted by Crippen LogP contribution is 2.12. The molecule has 0 aromatic carbocycles. The predicted molar refractivity (Wildman–Crippen MR) is 71.0 cm³/mol. The van der Waals surface area contributed by atoms with Crippen molar-refractivity contribution in [3.05, 3.63) is 0 Å². The van der Waals surface area contributed by atoms with E-state index < -0.39 is 0 Å². The molecule has 100 valence electrons. The third-order valence-corrected chi connectivity index (χ3v) is 3.26. The van der Waals surface area contributed by atoms with Crippen LogP contribution in [0, 0.1) is 0 Å². The molecule has 1 amide bonds. The van der Waals surface area contributed by atoms with E-state index in [1.165, 1.54) is 0 Å². The number of carbonyl (C=O) groups excluding carboxylic acids is 1. The van der Waals surface area contributed by atoms with Crippen LogP contribution in [0.15, 0.2) is 0 Å². The Labute approximate surface area is 105 Å². The minimum absolute atomic E-state index is 0.103. The summed E-state index contributed by atoms with van der Waals surface area (Å²) in [5, 5.41) is 6.24. The molecule has 0 atom stereocenters. The van der Waals surface area contributed by atoms with E-state index in [-0.39, 0.29) is 11.9 Å². The molecule has 17 heavy (non-hydrogen) atoms. The Hall–Kier alpha value is -0.610. The molecule has 4 heteroatoms. The molecule has 1 rings (SSSR count). The maximum Gasteiger partial charge on any atom is 0.234 e. The summed E-state index contributed by atoms with van der Waals surface area (Å²) >= 11 is 0. The van der Waals surface area contributed by atoms with Crippen molar-refractivity contribution in [1.29, 1.82) is 0 Å². The Morgan fingerprint density at radius 3 is 2.29 bits per heavy atom. The molecule has 0 radical (unpaired) electrons. The van der Waals surface area contributed by atoms with E-state index in [4.69, 9.17) is 0 Å². The monoisotopic (exact) mass is 241 g/mol. The molecular formula is C13H27N3O. The van der Waals surface area contributed by atoms with Crippen LogP contribution in [-0.4, -0.2) is 48.6 Å². The van der Waals surface area contributed by atoms with Gasteiger partial charge in [0.1, 0.15) is 0 Å². The zero-order valence-corrected chi connectivity index (χ0v) is 11.6. The van der Waals surface area contributed by atoms with Crippen LogP contribution in [0.5, 0.6) is 0 Å². The fourth-order valence-electron chi connectivity index (χ4n) is 2.23. The number of hydrogen-bond donors (Lipinski definition) is 2. The largest absolute Gasteiger partial charge is 0.353 e. The van der Waals surface area contributed by atoms with Crippen molar-refractivity contribution in [3.63, 3.8) is 0 Å². The molecule has 0 aliphatic carbocycles. The Morgan fingerprint density at radius 2 is 1.82 bits per heavy atom. The lowest BCUT2D eigenvalue weighted by Crippen LogP contribution is -2.47. The van der Waals surface area contributed by atoms with E-state index in [1.54, 1.807) is 0 Å². The van der Waals surface area contributed by atoms with Gasteiger partial charge in [-0.1, -0.05) is 0 Å². The molecule has 0 spiro atoms. The molecule has 0 aromatic heterocycles. The number of nitrogens with zero attached hydrogens (tertiary/aromatic N) is 1. The summed E-state index contributed by atoms with van der Waals surface area (Å²) in [6.45, 7) is 11.2. The average Bonchev–Trinajstić information content (AvgIpc) is 2.26. The summed E-state index contributed by atoms with van der Waals surface area (Å²) in [6, 6.07) is 1.37. The molecule has 1 fully saturated rings. The Balaban J connectivity index is 2.16. The molecule has 1 aliphatic rings. The molecule has 1 heterocycles. The van der Waals surface area contributed by atoms with Crippen LogP contribution in [0.2, 0.25) is 0 Å². The maximum atomic E-state index is 11.5. The molecule has 0 saturated carbocycles. The number of piperidine rings is 1. The van der Waals surface area contributed by atoms with Crippen molar-refractivity contribution in [2.75, 3.05) is 19.6 Å². The SMILES string of the molecule is CC(C)NC(=O)CNC1CCN(C(C)C)CC1. The normalized spacial score (nSPS) is 18.9. The standard InChI is InChI=1S/C13H27N3O/c1-10(2)15-13(17)9-14-12-5-7-16(8-6-12)11(3)4/h10-12,14H,5-9H2,1-4H3,(H,15,17). The first kappa shape index (κ1) is 14.5. The van der Waals surface area contributed by atoms with Crippen molar-refractivity contribution in [2.45, 2.75) is 58.7 Å². The first-order chi connectivity index (χ1) is 7.99. The molecular weight excluding hydrogens is 214 g/mol. The molecule has 4 nitrogen and oxygen atoms in total. The topological polar surface area (TPSA) is 44.4 Å². The zero-order chi connectivity index (χ0) is 12.8. The van der Waals surface area contributed by atoms with Gasteiger partial charge in [-0.25, -0.2) is 0 Å². The second-order valence-electron chi connectivity index (χ2n) is 5.51. The number of nitrogens with one attached hydrogen (secondary N) is 2. The molecule has 2 N–H and O–H groups in total. The van der Waals surface area contributed by atoms with Crippen LogP contribution in [-0.2, 0) is 4.79 Å². The van der Waals surface area contributed by atoms with Crippen LogP contribution in [0.25, 0.3) is 0 Å². The van der Waals surface area contributed by atoms with Crippen LogP contribution in [0.3, 0.4) is 0 Å². The number of hydrogen-bond acceptors (Lipinski definition) is 3. The summed E-state index contributed by atoms with van der Waals surface area (Å²) in [6.07, 6.45) is 2.29. The van der Waals surface area contributed by atoms with Crippen molar-refractivity contribution in [1.82, 2.24) is 15.5 Å². The lowest BCUT2D eigenvalue weighted by atomic mass is 10.0. The van der Waals surface area contributed by atoms with E-state index in [1.807, 2.05) is 13.8 Å². The van der Waals surface area contributed by atoms with Gasteiger partial charge in [-0.2, -0.15) is 0 Å². The van der Waals surface area contributed by atoms with Gasteiger partial charge in [-0.3, -0.25) is 4.79 Å². The summed E-state index contributed by atoms with van der Waals surface area (Å²) in [5.74, 6) is 0.103. The second-order valence-corrected chi connectivity index (χ2v) is 5.51. The average molecular weight is 241 g/mol. The number of likely N-dealkylation sites (tertiary alicyclic amines) is 1. The smallest absolute Gasteiger partial charge is 0.234 e. The van der Waals surface area contributed by atoms with Crippen LogP contribution < -0.4 is 10.6 Å². The lowest BCUT2D eigenvalue weighted by Gasteiger charge is -2.34. The van der Waals surface area contributed by atoms with Gasteiger partial charge < -0.3 is 15.5 Å². The van der Waals surface area contributed by atoms with Crippen molar-refractivity contribution < 1.29 is 4.79 Å². The lowest BCUT2D eigenvalue weighted by molar-refractivity contribution is -0.120. The first-order valence-electron chi connectivity index (χ1n) is 6.76. The fraction of sp³-hybridized carbons (Fsp3) is 0.923. The molecule has 0 aromatic rings. The van der Waals surface area contributed by atoms with E-state index >= 15 is 0 Å². The first-order valence-corrected chi connectivity index (χ1v) is 6.76. The zero-order valence-electron chi connectivity index (χ0n) is 11.6. The van der Waals surface area contributed by atoms with Crippen LogP contribution in [0.1, 0.15) is 40.5 Å². The van der Waals surface area contributed by atoms with Gasteiger partial charge in [0.25, 0.3) is 0 Å². The Morgan fingerprint density at radius 1 is 1.24 bits per heavy atom. The second kappa shape index (κ2) is 6.97. The van der Waals surface area contributed by atoms with Gasteiger partial charge in [-0.05, 0) is 53.6 Å². The minimum Gasteiger partial charge on any atom is -0.353 e. The third kappa shape index (κ3) is 5.50. The number of amides is 1. The quantitative estimate of drug-likeness (QED) is 0.754. The minimum atomic E-state index is 0.103. The molecule has 1 aliphatic heterocycles. The Kier molecular flexibility index (Phi) is 5.92. The molecule has 1 saturated heterocycles. The number of carbonyl (C=O) groups is 1. The summed E-state index contributed by atoms with van der Waals surface area (Å²) < 4.78 is 0. The van der Waals surface area contributed by atoms with Gasteiger partial charge in [0.05, 0.1) is 6.54 Å². The highest BCUT2D eigenvalue weighted by Gasteiger charge is 2.20. The van der Waals surface area contributed by atoms with E-state index in [0.717, 1.165) is 25.9 Å². The highest BCUT2D eigenvalue weighted by molar-refractivity contribution is 5.78. The van der Waals surface area contributed by atoms with Gasteiger partial charge in [0.15, 0.2) is 0 Å². The van der Waals surface area contributed by atoms with Gasteiger partial charge in [0, 0.05) is 18.1 Å². The van der Waals surface area contributed by atoms with Crippen molar-refractivity contribution in [3.8, 4) is 0 Å². The van der Waals surface area contributed by atoms with Gasteiger partial charge >= 0.3 is 0 Å². The highest BCUT2D eigenvalue weighted by atomic mass is 16.1. The van der Waals surface area contributed by atoms with Crippen molar-refractivity contribution >= 4 is 5.91 Å². The molecule has 0 bridgehead atoms. The molecule has 0 unspecified atom stereocenters. The van der Waals surface area contributed by atoms with Crippen LogP contribution >= 0.6 is 0 Å². The van der Waals surface area contributed by atoms with Gasteiger partial charge in [0.2, 0.25) is 5.91 Å². The summed E-state index contributed by atoms with van der Waals surface area (Å²) in [7, 11) is 0.